The van der Waals surface area contributed by atoms with Crippen molar-refractivity contribution in [1.29, 1.82) is 0 Å². The molecule has 1 aromatic rings. The predicted molar refractivity (Wildman–Crippen MR) is 92.5 cm³/mol. The van der Waals surface area contributed by atoms with E-state index in [1.807, 2.05) is 26.0 Å². The van der Waals surface area contributed by atoms with Gasteiger partial charge in [0.2, 0.25) is 11.8 Å². The number of nitrogens with zero attached hydrogens (tertiary/aromatic N) is 1. The Hall–Kier alpha value is -2.24. The van der Waals surface area contributed by atoms with Crippen LogP contribution in [0.5, 0.6) is 11.5 Å². The SMILES string of the molecule is CCC(CC)C(=O)NCCN(C(C)=O)c1ccc2c(c1)OCCO2. The molecule has 0 saturated heterocycles. The van der Waals surface area contributed by atoms with E-state index in [-0.39, 0.29) is 17.7 Å². The Morgan fingerprint density at radius 3 is 2.46 bits per heavy atom. The first-order valence-electron chi connectivity index (χ1n) is 8.52. The van der Waals surface area contributed by atoms with Crippen LogP contribution in [0.3, 0.4) is 0 Å². The molecule has 0 atom stereocenters. The number of carbonyl (C=O) groups is 2. The molecule has 0 aliphatic carbocycles. The summed E-state index contributed by atoms with van der Waals surface area (Å²) in [5, 5.41) is 2.91. The minimum Gasteiger partial charge on any atom is -0.486 e. The maximum absolute atomic E-state index is 12.0. The van der Waals surface area contributed by atoms with E-state index in [0.29, 0.717) is 37.8 Å². The highest BCUT2D eigenvalue weighted by molar-refractivity contribution is 5.92. The predicted octanol–water partition coefficient (Wildman–Crippen LogP) is 2.36. The van der Waals surface area contributed by atoms with Crippen molar-refractivity contribution in [3.05, 3.63) is 18.2 Å². The first-order chi connectivity index (χ1) is 11.6. The number of amides is 2. The molecule has 0 bridgehead atoms. The molecule has 0 spiro atoms. The molecule has 1 aliphatic rings. The molecule has 6 nitrogen and oxygen atoms in total. The monoisotopic (exact) mass is 334 g/mol. The summed E-state index contributed by atoms with van der Waals surface area (Å²) in [6.07, 6.45) is 1.64. The van der Waals surface area contributed by atoms with Gasteiger partial charge in [-0.3, -0.25) is 9.59 Å². The van der Waals surface area contributed by atoms with Gasteiger partial charge in [0.05, 0.1) is 0 Å². The van der Waals surface area contributed by atoms with Crippen molar-refractivity contribution in [3.63, 3.8) is 0 Å². The molecule has 2 rings (SSSR count). The number of anilines is 1. The Balaban J connectivity index is 2.00. The van der Waals surface area contributed by atoms with E-state index in [9.17, 15) is 9.59 Å². The topological polar surface area (TPSA) is 67.9 Å². The van der Waals surface area contributed by atoms with E-state index in [2.05, 4.69) is 5.32 Å². The average Bonchev–Trinajstić information content (AvgIpc) is 2.59. The number of hydrogen-bond donors (Lipinski definition) is 1. The second kappa shape index (κ2) is 8.57. The summed E-state index contributed by atoms with van der Waals surface area (Å²) >= 11 is 0. The van der Waals surface area contributed by atoms with Crippen LogP contribution < -0.4 is 19.7 Å². The van der Waals surface area contributed by atoms with E-state index in [4.69, 9.17) is 9.47 Å². The van der Waals surface area contributed by atoms with Crippen LogP contribution in [-0.4, -0.2) is 38.1 Å². The van der Waals surface area contributed by atoms with Gasteiger partial charge in [0, 0.05) is 37.7 Å². The summed E-state index contributed by atoms with van der Waals surface area (Å²) < 4.78 is 11.1. The summed E-state index contributed by atoms with van der Waals surface area (Å²) in [5.41, 5.74) is 0.739. The lowest BCUT2D eigenvalue weighted by atomic mass is 10.0. The normalized spacial score (nSPS) is 12.8. The van der Waals surface area contributed by atoms with Crippen molar-refractivity contribution in [2.45, 2.75) is 33.6 Å². The number of carbonyl (C=O) groups excluding carboxylic acids is 2. The molecule has 0 radical (unpaired) electrons. The smallest absolute Gasteiger partial charge is 0.223 e. The number of nitrogens with one attached hydrogen (secondary N) is 1. The van der Waals surface area contributed by atoms with Gasteiger partial charge in [-0.05, 0) is 25.0 Å². The third-order valence-electron chi connectivity index (χ3n) is 4.21. The lowest BCUT2D eigenvalue weighted by Crippen LogP contribution is -2.39. The minimum absolute atomic E-state index is 0.0325. The fraction of sp³-hybridized carbons (Fsp3) is 0.556. The zero-order chi connectivity index (χ0) is 17.5. The lowest BCUT2D eigenvalue weighted by Gasteiger charge is -2.25. The number of ether oxygens (including phenoxy) is 2. The maximum atomic E-state index is 12.0. The van der Waals surface area contributed by atoms with Crippen molar-refractivity contribution < 1.29 is 19.1 Å². The third-order valence-corrected chi connectivity index (χ3v) is 4.21. The third kappa shape index (κ3) is 4.40. The Morgan fingerprint density at radius 1 is 1.17 bits per heavy atom. The van der Waals surface area contributed by atoms with Crippen LogP contribution in [0.25, 0.3) is 0 Å². The first-order valence-corrected chi connectivity index (χ1v) is 8.52. The Labute approximate surface area is 143 Å². The fourth-order valence-electron chi connectivity index (χ4n) is 2.76. The highest BCUT2D eigenvalue weighted by Crippen LogP contribution is 2.33. The molecule has 0 fully saturated rings. The van der Waals surface area contributed by atoms with Gasteiger partial charge in [-0.2, -0.15) is 0 Å². The zero-order valence-electron chi connectivity index (χ0n) is 14.6. The summed E-state index contributed by atoms with van der Waals surface area (Å²) in [5.74, 6) is 1.33. The Morgan fingerprint density at radius 2 is 1.83 bits per heavy atom. The van der Waals surface area contributed by atoms with Crippen molar-refractivity contribution in [1.82, 2.24) is 5.32 Å². The number of rotatable bonds is 7. The summed E-state index contributed by atoms with van der Waals surface area (Å²) in [4.78, 5) is 25.6. The second-order valence-corrected chi connectivity index (χ2v) is 5.80. The van der Waals surface area contributed by atoms with Gasteiger partial charge in [0.15, 0.2) is 11.5 Å². The molecule has 1 N–H and O–H groups in total. The van der Waals surface area contributed by atoms with Crippen LogP contribution in [-0.2, 0) is 9.59 Å². The summed E-state index contributed by atoms with van der Waals surface area (Å²) in [6, 6.07) is 5.44. The zero-order valence-corrected chi connectivity index (χ0v) is 14.6. The number of fused-ring (bicyclic) bond motifs is 1. The molecule has 24 heavy (non-hydrogen) atoms. The van der Waals surface area contributed by atoms with Crippen molar-refractivity contribution in [2.75, 3.05) is 31.2 Å². The van der Waals surface area contributed by atoms with Gasteiger partial charge in [0.25, 0.3) is 0 Å². The van der Waals surface area contributed by atoms with Crippen LogP contribution in [0, 0.1) is 5.92 Å². The van der Waals surface area contributed by atoms with Gasteiger partial charge in [-0.15, -0.1) is 0 Å². The van der Waals surface area contributed by atoms with E-state index in [0.717, 1.165) is 18.5 Å². The minimum atomic E-state index is -0.0801. The van der Waals surface area contributed by atoms with Crippen LogP contribution >= 0.6 is 0 Å². The summed E-state index contributed by atoms with van der Waals surface area (Å²) in [6.45, 7) is 7.40. The molecule has 132 valence electrons. The van der Waals surface area contributed by atoms with Crippen LogP contribution in [0.4, 0.5) is 5.69 Å². The highest BCUT2D eigenvalue weighted by Gasteiger charge is 2.18. The van der Waals surface area contributed by atoms with E-state index in [1.165, 1.54) is 6.92 Å². The van der Waals surface area contributed by atoms with Crippen LogP contribution in [0.15, 0.2) is 18.2 Å². The lowest BCUT2D eigenvalue weighted by molar-refractivity contribution is -0.125. The van der Waals surface area contributed by atoms with Gasteiger partial charge < -0.3 is 19.7 Å². The molecular formula is C18H26N2O4. The largest absolute Gasteiger partial charge is 0.486 e. The average molecular weight is 334 g/mol. The fourth-order valence-corrected chi connectivity index (χ4v) is 2.76. The molecule has 6 heteroatoms. The standard InChI is InChI=1S/C18H26N2O4/c1-4-14(5-2)18(22)19-8-9-20(13(3)21)15-6-7-16-17(12-15)24-11-10-23-16/h6-7,12,14H,4-5,8-11H2,1-3H3,(H,19,22). The van der Waals surface area contributed by atoms with Crippen LogP contribution in [0.1, 0.15) is 33.6 Å². The van der Waals surface area contributed by atoms with Gasteiger partial charge in [0.1, 0.15) is 13.2 Å². The van der Waals surface area contributed by atoms with Crippen molar-refractivity contribution in [2.24, 2.45) is 5.92 Å². The maximum Gasteiger partial charge on any atom is 0.223 e. The van der Waals surface area contributed by atoms with E-state index >= 15 is 0 Å². The molecule has 0 saturated carbocycles. The van der Waals surface area contributed by atoms with E-state index < -0.39 is 0 Å². The molecule has 0 aromatic heterocycles. The highest BCUT2D eigenvalue weighted by atomic mass is 16.6. The Bertz CT molecular complexity index is 584. The van der Waals surface area contributed by atoms with E-state index in [1.54, 1.807) is 11.0 Å². The van der Waals surface area contributed by atoms with Crippen LogP contribution in [0.2, 0.25) is 0 Å². The number of benzene rings is 1. The molecular weight excluding hydrogens is 308 g/mol. The quantitative estimate of drug-likeness (QED) is 0.831. The Kier molecular flexibility index (Phi) is 6.46. The molecule has 1 heterocycles. The van der Waals surface area contributed by atoms with Gasteiger partial charge in [-0.1, -0.05) is 13.8 Å². The van der Waals surface area contributed by atoms with Gasteiger partial charge >= 0.3 is 0 Å². The second-order valence-electron chi connectivity index (χ2n) is 5.80. The molecule has 1 aromatic carbocycles. The summed E-state index contributed by atoms with van der Waals surface area (Å²) in [7, 11) is 0. The number of hydrogen-bond acceptors (Lipinski definition) is 4. The molecule has 2 amide bonds. The van der Waals surface area contributed by atoms with Crippen molar-refractivity contribution in [3.8, 4) is 11.5 Å². The van der Waals surface area contributed by atoms with Gasteiger partial charge in [-0.25, -0.2) is 0 Å². The first kappa shape index (κ1) is 18.1. The van der Waals surface area contributed by atoms with Crippen molar-refractivity contribution >= 4 is 17.5 Å². The molecule has 1 aliphatic heterocycles. The molecule has 0 unspecified atom stereocenters.